The van der Waals surface area contributed by atoms with Gasteiger partial charge in [-0.3, -0.25) is 4.31 Å². The number of carboxylic acids is 1. The van der Waals surface area contributed by atoms with Crippen molar-refractivity contribution in [1.82, 2.24) is 0 Å². The Morgan fingerprint density at radius 2 is 2.06 bits per heavy atom. The number of rotatable bonds is 4. The summed E-state index contributed by atoms with van der Waals surface area (Å²) in [6.07, 6.45) is 0. The van der Waals surface area contributed by atoms with Crippen LogP contribution in [0.1, 0.15) is 17.3 Å². The van der Waals surface area contributed by atoms with Gasteiger partial charge < -0.3 is 5.11 Å². The average molecular weight is 261 g/mol. The van der Waals surface area contributed by atoms with E-state index >= 15 is 0 Å². The van der Waals surface area contributed by atoms with E-state index in [1.807, 2.05) is 0 Å². The second-order valence-electron chi connectivity index (χ2n) is 3.34. The molecule has 0 aliphatic rings. The molecule has 7 heteroatoms. The molecule has 0 bridgehead atoms. The van der Waals surface area contributed by atoms with E-state index in [-0.39, 0.29) is 11.4 Å². The fourth-order valence-electron chi connectivity index (χ4n) is 1.23. The molecule has 0 saturated heterocycles. The molecule has 0 aliphatic heterocycles. The smallest absolute Gasteiger partial charge is 0.338 e. The topological polar surface area (TPSA) is 74.7 Å². The first-order valence-electron chi connectivity index (χ1n) is 4.79. The molecule has 1 aromatic carbocycles. The van der Waals surface area contributed by atoms with Crippen molar-refractivity contribution in [1.29, 1.82) is 0 Å². The van der Waals surface area contributed by atoms with Gasteiger partial charge in [-0.25, -0.2) is 17.6 Å². The quantitative estimate of drug-likeness (QED) is 0.886. The molecular weight excluding hydrogens is 249 g/mol. The highest BCUT2D eigenvalue weighted by Crippen LogP contribution is 2.20. The lowest BCUT2D eigenvalue weighted by atomic mass is 10.2. The number of hydrogen-bond donors (Lipinski definition) is 1. The van der Waals surface area contributed by atoms with Crippen LogP contribution >= 0.6 is 0 Å². The Hall–Kier alpha value is -1.63. The molecule has 0 heterocycles. The first kappa shape index (κ1) is 13.4. The Morgan fingerprint density at radius 3 is 2.47 bits per heavy atom. The van der Waals surface area contributed by atoms with E-state index in [2.05, 4.69) is 0 Å². The summed E-state index contributed by atoms with van der Waals surface area (Å²) in [6, 6.07) is 3.17. The minimum atomic E-state index is -3.48. The zero-order valence-electron chi connectivity index (χ0n) is 9.34. The van der Waals surface area contributed by atoms with E-state index in [0.717, 1.165) is 16.4 Å². The van der Waals surface area contributed by atoms with Crippen LogP contribution in [-0.4, -0.2) is 32.3 Å². The molecule has 17 heavy (non-hydrogen) atoms. The Bertz CT molecular complexity index is 541. The summed E-state index contributed by atoms with van der Waals surface area (Å²) in [7, 11) is -2.20. The SMILES string of the molecule is CCS(=O)(=O)N(C)c1ccc(C(=O)O)c(F)c1. The molecule has 0 aromatic heterocycles. The lowest BCUT2D eigenvalue weighted by Crippen LogP contribution is -2.28. The van der Waals surface area contributed by atoms with Crippen LogP contribution in [0.25, 0.3) is 0 Å². The Labute approximate surface area is 98.5 Å². The van der Waals surface area contributed by atoms with Gasteiger partial charge in [0.1, 0.15) is 5.82 Å². The van der Waals surface area contributed by atoms with Crippen LogP contribution in [0.5, 0.6) is 0 Å². The van der Waals surface area contributed by atoms with Gasteiger partial charge in [-0.2, -0.15) is 0 Å². The second-order valence-corrected chi connectivity index (χ2v) is 5.63. The molecule has 1 aromatic rings. The van der Waals surface area contributed by atoms with Crippen molar-refractivity contribution in [3.63, 3.8) is 0 Å². The molecule has 0 unspecified atom stereocenters. The minimum Gasteiger partial charge on any atom is -0.478 e. The maximum absolute atomic E-state index is 13.4. The first-order valence-corrected chi connectivity index (χ1v) is 6.40. The third-order valence-electron chi connectivity index (χ3n) is 2.33. The van der Waals surface area contributed by atoms with E-state index < -0.39 is 27.4 Å². The highest BCUT2D eigenvalue weighted by atomic mass is 32.2. The molecule has 0 atom stereocenters. The van der Waals surface area contributed by atoms with Crippen LogP contribution in [0, 0.1) is 5.82 Å². The Morgan fingerprint density at radius 1 is 1.47 bits per heavy atom. The van der Waals surface area contributed by atoms with Crippen molar-refractivity contribution in [2.75, 3.05) is 17.1 Å². The van der Waals surface area contributed by atoms with Gasteiger partial charge >= 0.3 is 5.97 Å². The van der Waals surface area contributed by atoms with E-state index in [9.17, 15) is 17.6 Å². The number of anilines is 1. The van der Waals surface area contributed by atoms with Crippen molar-refractivity contribution >= 4 is 21.7 Å². The van der Waals surface area contributed by atoms with Gasteiger partial charge in [-0.05, 0) is 25.1 Å². The number of carboxylic acid groups (broad SMARTS) is 1. The fraction of sp³-hybridized carbons (Fsp3) is 0.300. The van der Waals surface area contributed by atoms with Gasteiger partial charge in [0.05, 0.1) is 17.0 Å². The number of halogens is 1. The monoisotopic (exact) mass is 261 g/mol. The number of carbonyl (C=O) groups is 1. The van der Waals surface area contributed by atoms with E-state index in [1.54, 1.807) is 0 Å². The van der Waals surface area contributed by atoms with E-state index in [4.69, 9.17) is 5.11 Å². The molecular formula is C10H12FNO4S. The number of sulfonamides is 1. The standard InChI is InChI=1S/C10H12FNO4S/c1-3-17(15,16)12(2)7-4-5-8(10(13)14)9(11)6-7/h4-6H,3H2,1-2H3,(H,13,14). The lowest BCUT2D eigenvalue weighted by Gasteiger charge is -2.18. The number of hydrogen-bond acceptors (Lipinski definition) is 3. The largest absolute Gasteiger partial charge is 0.478 e. The molecule has 0 aliphatic carbocycles. The molecule has 0 spiro atoms. The van der Waals surface area contributed by atoms with E-state index in [0.29, 0.717) is 0 Å². The number of aromatic carboxylic acids is 1. The minimum absolute atomic E-state index is 0.0920. The summed E-state index contributed by atoms with van der Waals surface area (Å²) >= 11 is 0. The Balaban J connectivity index is 3.19. The van der Waals surface area contributed by atoms with E-state index in [1.165, 1.54) is 20.0 Å². The summed E-state index contributed by atoms with van der Waals surface area (Å²) in [4.78, 5) is 10.6. The van der Waals surface area contributed by atoms with Gasteiger partial charge in [0, 0.05) is 7.05 Å². The summed E-state index contributed by atoms with van der Waals surface area (Å²) in [5.41, 5.74) is -0.398. The predicted octanol–water partition coefficient (Wildman–Crippen LogP) is 1.31. The summed E-state index contributed by atoms with van der Waals surface area (Å²) in [6.45, 7) is 1.47. The molecule has 94 valence electrons. The number of nitrogens with zero attached hydrogens (tertiary/aromatic N) is 1. The van der Waals surface area contributed by atoms with Crippen LogP contribution in [0.4, 0.5) is 10.1 Å². The summed E-state index contributed by atoms with van der Waals surface area (Å²) < 4.78 is 37.3. The summed E-state index contributed by atoms with van der Waals surface area (Å²) in [5.74, 6) is -2.48. The highest BCUT2D eigenvalue weighted by Gasteiger charge is 2.18. The highest BCUT2D eigenvalue weighted by molar-refractivity contribution is 7.92. The molecule has 0 radical (unpaired) electrons. The molecule has 0 amide bonds. The molecule has 0 fully saturated rings. The predicted molar refractivity (Wildman–Crippen MR) is 61.2 cm³/mol. The van der Waals surface area contributed by atoms with Gasteiger partial charge in [0.25, 0.3) is 0 Å². The van der Waals surface area contributed by atoms with Crippen molar-refractivity contribution in [3.8, 4) is 0 Å². The van der Waals surface area contributed by atoms with Gasteiger partial charge in [0.15, 0.2) is 0 Å². The molecule has 0 saturated carbocycles. The first-order chi connectivity index (χ1) is 7.79. The fourth-order valence-corrected chi connectivity index (χ4v) is 2.05. The second kappa shape index (κ2) is 4.70. The number of benzene rings is 1. The molecule has 5 nitrogen and oxygen atoms in total. The van der Waals surface area contributed by atoms with Gasteiger partial charge in [-0.15, -0.1) is 0 Å². The lowest BCUT2D eigenvalue weighted by molar-refractivity contribution is 0.0692. The van der Waals surface area contributed by atoms with Crippen molar-refractivity contribution in [3.05, 3.63) is 29.6 Å². The average Bonchev–Trinajstić information content (AvgIpc) is 2.27. The van der Waals surface area contributed by atoms with Crippen molar-refractivity contribution < 1.29 is 22.7 Å². The third kappa shape index (κ3) is 2.73. The maximum atomic E-state index is 13.4. The van der Waals surface area contributed by atoms with Crippen LogP contribution in [0.15, 0.2) is 18.2 Å². The van der Waals surface area contributed by atoms with Crippen LogP contribution in [-0.2, 0) is 10.0 Å². The summed E-state index contributed by atoms with van der Waals surface area (Å²) in [5, 5.41) is 8.63. The van der Waals surface area contributed by atoms with Crippen LogP contribution < -0.4 is 4.31 Å². The normalized spacial score (nSPS) is 11.2. The zero-order chi connectivity index (χ0) is 13.2. The zero-order valence-corrected chi connectivity index (χ0v) is 10.2. The Kier molecular flexibility index (Phi) is 3.72. The third-order valence-corrected chi connectivity index (χ3v) is 4.10. The maximum Gasteiger partial charge on any atom is 0.338 e. The van der Waals surface area contributed by atoms with Crippen LogP contribution in [0.3, 0.4) is 0 Å². The van der Waals surface area contributed by atoms with Crippen molar-refractivity contribution in [2.45, 2.75) is 6.92 Å². The van der Waals surface area contributed by atoms with Crippen LogP contribution in [0.2, 0.25) is 0 Å². The van der Waals surface area contributed by atoms with Crippen molar-refractivity contribution in [2.24, 2.45) is 0 Å². The molecule has 1 N–H and O–H groups in total. The van der Waals surface area contributed by atoms with Gasteiger partial charge in [0.2, 0.25) is 10.0 Å². The van der Waals surface area contributed by atoms with Gasteiger partial charge in [-0.1, -0.05) is 0 Å². The molecule has 1 rings (SSSR count).